The van der Waals surface area contributed by atoms with Crippen molar-refractivity contribution < 1.29 is 14.3 Å². The fourth-order valence-corrected chi connectivity index (χ4v) is 3.13. The van der Waals surface area contributed by atoms with Crippen LogP contribution >= 0.6 is 11.3 Å². The van der Waals surface area contributed by atoms with E-state index in [2.05, 4.69) is 15.7 Å². The van der Waals surface area contributed by atoms with E-state index in [0.29, 0.717) is 18.8 Å². The third kappa shape index (κ3) is 3.74. The number of nitrogens with zero attached hydrogens (tertiary/aromatic N) is 2. The first kappa shape index (κ1) is 15.5. The van der Waals surface area contributed by atoms with Gasteiger partial charge in [-0.2, -0.15) is 5.10 Å². The number of benzene rings is 1. The van der Waals surface area contributed by atoms with Gasteiger partial charge in [0.25, 0.3) is 0 Å². The molecule has 0 fully saturated rings. The number of hydrogen-bond donors (Lipinski definition) is 2. The number of rotatable bonds is 4. The molecule has 0 unspecified atom stereocenters. The summed E-state index contributed by atoms with van der Waals surface area (Å²) in [7, 11) is 0. The lowest BCUT2D eigenvalue weighted by Gasteiger charge is -2.26. The van der Waals surface area contributed by atoms with E-state index in [-0.39, 0.29) is 12.1 Å². The number of aromatic nitrogens is 2. The quantitative estimate of drug-likeness (QED) is 0.751. The van der Waals surface area contributed by atoms with Crippen LogP contribution in [0.2, 0.25) is 0 Å². The maximum Gasteiger partial charge on any atom is 0.324 e. The lowest BCUT2D eigenvalue weighted by atomic mass is 10.2. The Morgan fingerprint density at radius 3 is 2.96 bits per heavy atom. The van der Waals surface area contributed by atoms with Crippen LogP contribution in [-0.4, -0.2) is 28.5 Å². The van der Waals surface area contributed by atoms with Crippen LogP contribution in [0.5, 0.6) is 11.5 Å². The molecule has 2 amide bonds. The van der Waals surface area contributed by atoms with E-state index < -0.39 is 0 Å². The summed E-state index contributed by atoms with van der Waals surface area (Å²) < 4.78 is 13.3. The molecule has 0 aliphatic carbocycles. The van der Waals surface area contributed by atoms with E-state index in [1.54, 1.807) is 17.1 Å². The molecule has 4 rings (SSSR count). The Bertz CT molecular complexity index is 862. The molecule has 1 aromatic carbocycles. The average molecular weight is 356 g/mol. The maximum atomic E-state index is 11.9. The number of ether oxygens (including phenoxy) is 2. The normalized spacial score (nSPS) is 15.6. The van der Waals surface area contributed by atoms with Gasteiger partial charge >= 0.3 is 6.03 Å². The van der Waals surface area contributed by atoms with E-state index in [1.165, 1.54) is 11.3 Å². The number of anilines is 2. The highest BCUT2D eigenvalue weighted by atomic mass is 32.1. The standard InChI is InChI=1S/C17H16N4O3S/c22-17(20-16-6-3-7-25-16)19-12-8-18-21(9-12)10-13-11-23-14-4-1-2-5-15(14)24-13/h1-9,13H,10-11H2,(H2,19,20,22)/t13-/m1/s1. The number of fused-ring (bicyclic) bond motifs is 1. The van der Waals surface area contributed by atoms with Crippen molar-refractivity contribution in [2.75, 3.05) is 17.2 Å². The Morgan fingerprint density at radius 2 is 2.12 bits per heavy atom. The van der Waals surface area contributed by atoms with Gasteiger partial charge in [0.1, 0.15) is 6.61 Å². The number of carbonyl (C=O) groups excluding carboxylic acids is 1. The number of nitrogens with one attached hydrogen (secondary N) is 2. The SMILES string of the molecule is O=C(Nc1cnn(C[C@@H]2COc3ccccc3O2)c1)Nc1cccs1. The molecule has 1 atom stereocenters. The second-order valence-corrected chi connectivity index (χ2v) is 6.45. The van der Waals surface area contributed by atoms with E-state index >= 15 is 0 Å². The molecule has 0 bridgehead atoms. The molecular formula is C17H16N4O3S. The third-order valence-corrected chi connectivity index (χ3v) is 4.39. The number of para-hydroxylation sites is 2. The van der Waals surface area contributed by atoms with Crippen molar-refractivity contribution in [2.45, 2.75) is 12.6 Å². The summed E-state index contributed by atoms with van der Waals surface area (Å²) >= 11 is 1.46. The molecule has 2 N–H and O–H groups in total. The molecule has 0 saturated heterocycles. The Labute approximate surface area is 148 Å². The van der Waals surface area contributed by atoms with Gasteiger partial charge in [-0.3, -0.25) is 10.00 Å². The Morgan fingerprint density at radius 1 is 1.24 bits per heavy atom. The van der Waals surface area contributed by atoms with Gasteiger partial charge in [0.2, 0.25) is 0 Å². The van der Waals surface area contributed by atoms with Crippen molar-refractivity contribution in [2.24, 2.45) is 0 Å². The Kier molecular flexibility index (Phi) is 4.26. The zero-order valence-electron chi connectivity index (χ0n) is 13.2. The third-order valence-electron chi connectivity index (χ3n) is 3.61. The molecular weight excluding hydrogens is 340 g/mol. The summed E-state index contributed by atoms with van der Waals surface area (Å²) in [6.45, 7) is 0.987. The van der Waals surface area contributed by atoms with Gasteiger partial charge < -0.3 is 14.8 Å². The molecule has 0 saturated carbocycles. The first-order chi connectivity index (χ1) is 12.3. The fourth-order valence-electron chi connectivity index (χ4n) is 2.51. The molecule has 25 heavy (non-hydrogen) atoms. The predicted octanol–water partition coefficient (Wildman–Crippen LogP) is 3.43. The van der Waals surface area contributed by atoms with Crippen molar-refractivity contribution in [1.82, 2.24) is 9.78 Å². The van der Waals surface area contributed by atoms with Crippen LogP contribution in [0.25, 0.3) is 0 Å². The lowest BCUT2D eigenvalue weighted by molar-refractivity contribution is 0.0759. The maximum absolute atomic E-state index is 11.9. The van der Waals surface area contributed by atoms with Gasteiger partial charge in [-0.25, -0.2) is 4.79 Å². The smallest absolute Gasteiger partial charge is 0.324 e. The van der Waals surface area contributed by atoms with Gasteiger partial charge in [0.15, 0.2) is 17.6 Å². The van der Waals surface area contributed by atoms with Crippen LogP contribution in [0.1, 0.15) is 0 Å². The first-order valence-electron chi connectivity index (χ1n) is 7.79. The monoisotopic (exact) mass is 356 g/mol. The van der Waals surface area contributed by atoms with Crippen molar-refractivity contribution in [1.29, 1.82) is 0 Å². The summed E-state index contributed by atoms with van der Waals surface area (Å²) in [4.78, 5) is 11.9. The van der Waals surface area contributed by atoms with Crippen LogP contribution in [0, 0.1) is 0 Å². The van der Waals surface area contributed by atoms with Gasteiger partial charge in [0.05, 0.1) is 23.4 Å². The van der Waals surface area contributed by atoms with Crippen molar-refractivity contribution in [3.63, 3.8) is 0 Å². The Hall–Kier alpha value is -3.00. The highest BCUT2D eigenvalue weighted by Crippen LogP contribution is 2.31. The zero-order valence-corrected chi connectivity index (χ0v) is 14.0. The van der Waals surface area contributed by atoms with Crippen molar-refractivity contribution >= 4 is 28.1 Å². The summed E-state index contributed by atoms with van der Waals surface area (Å²) in [5.41, 5.74) is 0.617. The highest BCUT2D eigenvalue weighted by molar-refractivity contribution is 7.14. The second kappa shape index (κ2) is 6.86. The number of hydrogen-bond acceptors (Lipinski definition) is 5. The minimum atomic E-state index is -0.298. The summed E-state index contributed by atoms with van der Waals surface area (Å²) in [5, 5.41) is 12.5. The fraction of sp³-hybridized carbons (Fsp3) is 0.176. The molecule has 7 nitrogen and oxygen atoms in total. The Balaban J connectivity index is 1.33. The van der Waals surface area contributed by atoms with Crippen LogP contribution in [0.15, 0.2) is 54.2 Å². The van der Waals surface area contributed by atoms with Gasteiger partial charge in [-0.1, -0.05) is 12.1 Å². The van der Waals surface area contributed by atoms with Crippen molar-refractivity contribution in [3.8, 4) is 11.5 Å². The minimum absolute atomic E-state index is 0.136. The average Bonchev–Trinajstić information content (AvgIpc) is 3.27. The number of carbonyl (C=O) groups is 1. The molecule has 128 valence electrons. The second-order valence-electron chi connectivity index (χ2n) is 5.51. The molecule has 2 aromatic heterocycles. The topological polar surface area (TPSA) is 77.4 Å². The van der Waals surface area contributed by atoms with Crippen LogP contribution in [0.4, 0.5) is 15.5 Å². The molecule has 3 heterocycles. The number of thiophene rings is 1. The van der Waals surface area contributed by atoms with Gasteiger partial charge in [-0.15, -0.1) is 11.3 Å². The van der Waals surface area contributed by atoms with E-state index in [4.69, 9.17) is 9.47 Å². The largest absolute Gasteiger partial charge is 0.486 e. The van der Waals surface area contributed by atoms with Crippen LogP contribution in [-0.2, 0) is 6.54 Å². The molecule has 1 aliphatic heterocycles. The van der Waals surface area contributed by atoms with Crippen molar-refractivity contribution in [3.05, 3.63) is 54.2 Å². The summed E-state index contributed by atoms with van der Waals surface area (Å²) in [5.74, 6) is 1.49. The molecule has 0 spiro atoms. The molecule has 3 aromatic rings. The number of amides is 2. The zero-order chi connectivity index (χ0) is 17.1. The highest BCUT2D eigenvalue weighted by Gasteiger charge is 2.21. The van der Waals surface area contributed by atoms with E-state index in [1.807, 2.05) is 41.8 Å². The number of urea groups is 1. The molecule has 0 radical (unpaired) electrons. The lowest BCUT2D eigenvalue weighted by Crippen LogP contribution is -2.33. The minimum Gasteiger partial charge on any atom is -0.486 e. The van der Waals surface area contributed by atoms with Crippen LogP contribution < -0.4 is 20.1 Å². The molecule has 1 aliphatic rings. The van der Waals surface area contributed by atoms with Gasteiger partial charge in [0, 0.05) is 6.20 Å². The van der Waals surface area contributed by atoms with E-state index in [9.17, 15) is 4.79 Å². The summed E-state index contributed by atoms with van der Waals surface area (Å²) in [6.07, 6.45) is 3.23. The predicted molar refractivity (Wildman–Crippen MR) is 95.5 cm³/mol. The van der Waals surface area contributed by atoms with Gasteiger partial charge in [-0.05, 0) is 29.6 Å². The van der Waals surface area contributed by atoms with E-state index in [0.717, 1.165) is 16.5 Å². The first-order valence-corrected chi connectivity index (χ1v) is 8.67. The summed E-state index contributed by atoms with van der Waals surface area (Å²) in [6, 6.07) is 11.0. The molecule has 8 heteroatoms. The van der Waals surface area contributed by atoms with Crippen LogP contribution in [0.3, 0.4) is 0 Å².